The molecule has 0 aromatic rings. The summed E-state index contributed by atoms with van der Waals surface area (Å²) in [5.74, 6) is 6.49. The van der Waals surface area contributed by atoms with Crippen LogP contribution in [0.3, 0.4) is 0 Å². The molecule has 1 N–H and O–H groups in total. The van der Waals surface area contributed by atoms with Crippen molar-refractivity contribution < 1.29 is 9.84 Å². The summed E-state index contributed by atoms with van der Waals surface area (Å²) in [5, 5.41) is 9.32. The molecule has 0 aliphatic heterocycles. The highest BCUT2D eigenvalue weighted by Gasteiger charge is 2.59. The van der Waals surface area contributed by atoms with Gasteiger partial charge in [-0.2, -0.15) is 0 Å². The molecule has 4 aliphatic rings. The minimum Gasteiger partial charge on any atom is -0.396 e. The molecule has 4 fully saturated rings. The molecule has 0 aromatic heterocycles. The fourth-order valence-electron chi connectivity index (χ4n) is 9.56. The fraction of sp³-hybridized carbons (Fsp3) is 1.00. The van der Waals surface area contributed by atoms with Crippen molar-refractivity contribution in [2.24, 2.45) is 52.3 Å². The van der Waals surface area contributed by atoms with Gasteiger partial charge in [0.15, 0.2) is 0 Å². The normalized spacial score (nSPS) is 41.7. The maximum atomic E-state index is 9.32. The highest BCUT2D eigenvalue weighted by molar-refractivity contribution is 5.09. The zero-order valence-electron chi connectivity index (χ0n) is 23.2. The highest BCUT2D eigenvalue weighted by atomic mass is 16.5. The molecule has 4 aliphatic carbocycles. The van der Waals surface area contributed by atoms with Gasteiger partial charge in [0.1, 0.15) is 0 Å². The Balaban J connectivity index is 0.000000555. The first-order valence-electron chi connectivity index (χ1n) is 15.0. The predicted octanol–water partition coefficient (Wildman–Crippen LogP) is 8.51. The second kappa shape index (κ2) is 12.2. The van der Waals surface area contributed by atoms with Gasteiger partial charge in [0, 0.05) is 19.8 Å². The second-order valence-electron chi connectivity index (χ2n) is 13.1. The summed E-state index contributed by atoms with van der Waals surface area (Å²) >= 11 is 0. The van der Waals surface area contributed by atoms with E-state index in [-0.39, 0.29) is 0 Å². The maximum Gasteiger partial charge on any atom is 0.0456 e. The third kappa shape index (κ3) is 5.84. The molecule has 2 unspecified atom stereocenters. The Labute approximate surface area is 207 Å². The van der Waals surface area contributed by atoms with Gasteiger partial charge in [0.05, 0.1) is 0 Å². The average Bonchev–Trinajstić information content (AvgIpc) is 3.16. The van der Waals surface area contributed by atoms with E-state index in [1.54, 1.807) is 12.8 Å². The molecule has 9 atom stereocenters. The molecule has 0 saturated heterocycles. The van der Waals surface area contributed by atoms with E-state index < -0.39 is 0 Å². The lowest BCUT2D eigenvalue weighted by atomic mass is 9.44. The first-order valence-corrected chi connectivity index (χ1v) is 15.0. The van der Waals surface area contributed by atoms with Crippen LogP contribution in [0.2, 0.25) is 0 Å². The van der Waals surface area contributed by atoms with Crippen LogP contribution in [-0.2, 0) is 4.74 Å². The quantitative estimate of drug-likeness (QED) is 0.391. The molecule has 4 saturated carbocycles. The Morgan fingerprint density at radius 2 is 1.55 bits per heavy atom. The average molecular weight is 463 g/mol. The first-order chi connectivity index (χ1) is 15.8. The Bertz CT molecular complexity index is 573. The lowest BCUT2D eigenvalue weighted by Gasteiger charge is -2.61. The van der Waals surface area contributed by atoms with Gasteiger partial charge in [-0.25, -0.2) is 0 Å². The van der Waals surface area contributed by atoms with Gasteiger partial charge in [-0.05, 0) is 124 Å². The van der Waals surface area contributed by atoms with Gasteiger partial charge in [-0.15, -0.1) is 0 Å². The van der Waals surface area contributed by atoms with Crippen molar-refractivity contribution in [2.75, 3.05) is 19.8 Å². The summed E-state index contributed by atoms with van der Waals surface area (Å²) < 4.78 is 4.83. The number of hydrogen-bond donors (Lipinski definition) is 1. The van der Waals surface area contributed by atoms with Crippen LogP contribution in [-0.4, -0.2) is 24.9 Å². The van der Waals surface area contributed by atoms with Crippen LogP contribution in [0.5, 0.6) is 0 Å². The summed E-state index contributed by atoms with van der Waals surface area (Å²) in [6.45, 7) is 16.2. The zero-order valence-corrected chi connectivity index (χ0v) is 23.2. The number of aliphatic hydroxyl groups excluding tert-OH is 1. The van der Waals surface area contributed by atoms with E-state index in [2.05, 4.69) is 27.7 Å². The van der Waals surface area contributed by atoms with Crippen molar-refractivity contribution >= 4 is 0 Å². The van der Waals surface area contributed by atoms with Crippen molar-refractivity contribution in [3.05, 3.63) is 0 Å². The monoisotopic (exact) mass is 462 g/mol. The molecule has 0 spiro atoms. The number of rotatable bonds is 8. The highest BCUT2D eigenvalue weighted by Crippen LogP contribution is 2.68. The molecule has 0 bridgehead atoms. The minimum atomic E-state index is 0.362. The lowest BCUT2D eigenvalue weighted by molar-refractivity contribution is -0.114. The number of hydrogen-bond acceptors (Lipinski definition) is 2. The second-order valence-corrected chi connectivity index (χ2v) is 13.1. The first kappa shape index (κ1) is 27.5. The van der Waals surface area contributed by atoms with E-state index in [0.29, 0.717) is 23.4 Å². The number of ether oxygens (including phenoxy) is 1. The molecule has 0 radical (unpaired) electrons. The standard InChI is InChI=1S/C27H48O.C4H10O/c1-19(18-28)8-7-9-20(2)23-13-14-24-22-12-11-21-10-5-6-16-26(21,3)25(22)15-17-27(23,24)4;1-3-5-4-2/h19-25,28H,5-18H2,1-4H3;3-4H2,1-2H3/t19?,20-,21?,22+,23-,24+,25+,26+,27-;/m1./s1. The summed E-state index contributed by atoms with van der Waals surface area (Å²) in [5.41, 5.74) is 1.31. The van der Waals surface area contributed by atoms with E-state index in [0.717, 1.165) is 48.7 Å². The minimum absolute atomic E-state index is 0.362. The van der Waals surface area contributed by atoms with Crippen molar-refractivity contribution in [3.8, 4) is 0 Å². The van der Waals surface area contributed by atoms with Crippen LogP contribution in [0.1, 0.15) is 125 Å². The molecular weight excluding hydrogens is 404 g/mol. The smallest absolute Gasteiger partial charge is 0.0456 e. The van der Waals surface area contributed by atoms with Gasteiger partial charge in [-0.1, -0.05) is 53.4 Å². The molecule has 0 amide bonds. The Hall–Kier alpha value is -0.0800. The molecule has 0 aromatic carbocycles. The topological polar surface area (TPSA) is 29.5 Å². The Morgan fingerprint density at radius 3 is 2.21 bits per heavy atom. The zero-order chi connectivity index (χ0) is 24.1. The van der Waals surface area contributed by atoms with Gasteiger partial charge in [0.25, 0.3) is 0 Å². The molecule has 2 nitrogen and oxygen atoms in total. The summed E-state index contributed by atoms with van der Waals surface area (Å²) in [4.78, 5) is 0. The van der Waals surface area contributed by atoms with Crippen molar-refractivity contribution in [2.45, 2.75) is 125 Å². The molecule has 194 valence electrons. The summed E-state index contributed by atoms with van der Waals surface area (Å²) in [6.07, 6.45) is 19.2. The largest absolute Gasteiger partial charge is 0.396 e. The Morgan fingerprint density at radius 1 is 0.818 bits per heavy atom. The molecule has 33 heavy (non-hydrogen) atoms. The van der Waals surface area contributed by atoms with E-state index in [1.165, 1.54) is 70.6 Å². The fourth-order valence-corrected chi connectivity index (χ4v) is 9.56. The van der Waals surface area contributed by atoms with Gasteiger partial charge in [-0.3, -0.25) is 0 Å². The van der Waals surface area contributed by atoms with Crippen LogP contribution in [0.15, 0.2) is 0 Å². The van der Waals surface area contributed by atoms with Gasteiger partial charge < -0.3 is 9.84 Å². The van der Waals surface area contributed by atoms with Crippen molar-refractivity contribution in [3.63, 3.8) is 0 Å². The third-order valence-electron chi connectivity index (χ3n) is 11.4. The van der Waals surface area contributed by atoms with E-state index in [1.807, 2.05) is 13.8 Å². The lowest BCUT2D eigenvalue weighted by Crippen LogP contribution is -2.53. The molecular formula is C31H58O2. The number of fused-ring (bicyclic) bond motifs is 5. The van der Waals surface area contributed by atoms with Crippen molar-refractivity contribution in [1.29, 1.82) is 0 Å². The van der Waals surface area contributed by atoms with Crippen LogP contribution < -0.4 is 0 Å². The van der Waals surface area contributed by atoms with Crippen molar-refractivity contribution in [1.82, 2.24) is 0 Å². The third-order valence-corrected chi connectivity index (χ3v) is 11.4. The molecule has 2 heteroatoms. The number of aliphatic hydroxyl groups is 1. The Kier molecular flexibility index (Phi) is 10.2. The van der Waals surface area contributed by atoms with Crippen LogP contribution in [0.4, 0.5) is 0 Å². The maximum absolute atomic E-state index is 9.32. The molecule has 0 heterocycles. The van der Waals surface area contributed by atoms with E-state index in [4.69, 9.17) is 4.74 Å². The predicted molar refractivity (Wildman–Crippen MR) is 141 cm³/mol. The SMILES string of the molecule is CC(CO)CCC[C@@H](C)[C@H]1CC[C@H]2[C@@H]3CCC4CCCC[C@]4(C)[C@H]3CC[C@]12C.CCOCC. The van der Waals surface area contributed by atoms with Crippen LogP contribution in [0, 0.1) is 52.3 Å². The van der Waals surface area contributed by atoms with Crippen LogP contribution in [0.25, 0.3) is 0 Å². The van der Waals surface area contributed by atoms with Gasteiger partial charge in [0.2, 0.25) is 0 Å². The van der Waals surface area contributed by atoms with E-state index in [9.17, 15) is 5.11 Å². The molecule has 4 rings (SSSR count). The summed E-state index contributed by atoms with van der Waals surface area (Å²) in [6, 6.07) is 0. The van der Waals surface area contributed by atoms with E-state index >= 15 is 0 Å². The van der Waals surface area contributed by atoms with Crippen LogP contribution >= 0.6 is 0 Å². The summed E-state index contributed by atoms with van der Waals surface area (Å²) in [7, 11) is 0. The van der Waals surface area contributed by atoms with Gasteiger partial charge >= 0.3 is 0 Å².